The lowest BCUT2D eigenvalue weighted by atomic mass is 10.2. The molecule has 2 rings (SSSR count). The Hall–Kier alpha value is -3.14. The fraction of sp³-hybridized carbons (Fsp3) is 0.444. The predicted octanol–water partition coefficient (Wildman–Crippen LogP) is 0.529. The van der Waals surface area contributed by atoms with Crippen molar-refractivity contribution in [1.82, 2.24) is 16.2 Å². The molecule has 1 aliphatic rings. The fourth-order valence-corrected chi connectivity index (χ4v) is 2.60. The zero-order chi connectivity index (χ0) is 20.4. The Balaban J connectivity index is 1.83. The lowest BCUT2D eigenvalue weighted by Crippen LogP contribution is -2.46. The van der Waals surface area contributed by atoms with Gasteiger partial charge in [0.05, 0.1) is 26.4 Å². The maximum absolute atomic E-state index is 12.6. The smallest absolute Gasteiger partial charge is 0.315 e. The Morgan fingerprint density at radius 2 is 2.07 bits per heavy atom. The normalized spacial score (nSPS) is 16.3. The van der Waals surface area contributed by atoms with Gasteiger partial charge in [0.1, 0.15) is 6.04 Å². The van der Waals surface area contributed by atoms with Crippen LogP contribution >= 0.6 is 0 Å². The molecule has 1 saturated heterocycles. The molecule has 0 radical (unpaired) electrons. The molecule has 28 heavy (non-hydrogen) atoms. The summed E-state index contributed by atoms with van der Waals surface area (Å²) in [5, 5.41) is 9.07. The first kappa shape index (κ1) is 21.2. The summed E-state index contributed by atoms with van der Waals surface area (Å²) >= 11 is 0. The Labute approximate surface area is 163 Å². The van der Waals surface area contributed by atoms with Gasteiger partial charge in [0.25, 0.3) is 0 Å². The molecule has 0 unspecified atom stereocenters. The highest BCUT2D eigenvalue weighted by Gasteiger charge is 2.33. The van der Waals surface area contributed by atoms with Gasteiger partial charge in [-0.25, -0.2) is 4.79 Å². The molecule has 1 aliphatic heterocycles. The number of rotatable bonds is 9. The number of ether oxygens (including phenoxy) is 1. The van der Waals surface area contributed by atoms with Crippen LogP contribution in [0.15, 0.2) is 29.4 Å². The third-order valence-electron chi connectivity index (χ3n) is 4.03. The van der Waals surface area contributed by atoms with E-state index in [0.717, 1.165) is 11.3 Å². The number of carbonyl (C=O) groups excluding carboxylic acids is 3. The molecule has 3 amide bonds. The van der Waals surface area contributed by atoms with E-state index in [4.69, 9.17) is 4.84 Å². The van der Waals surface area contributed by atoms with Crippen molar-refractivity contribution in [1.29, 1.82) is 0 Å². The Morgan fingerprint density at radius 3 is 2.75 bits per heavy atom. The molecule has 1 aromatic carbocycles. The van der Waals surface area contributed by atoms with Crippen LogP contribution in [0.3, 0.4) is 0 Å². The second kappa shape index (κ2) is 10.9. The van der Waals surface area contributed by atoms with E-state index in [9.17, 15) is 14.4 Å². The molecule has 1 atom stereocenters. The first-order valence-electron chi connectivity index (χ1n) is 8.97. The number of nitrogens with one attached hydrogen (secondary N) is 3. The van der Waals surface area contributed by atoms with Crippen molar-refractivity contribution in [3.8, 4) is 0 Å². The standard InChI is InChI=1S/C18H25N5O5/c1-3-28-22-20-12-13-4-6-14(7-5-13)23-11-9-15(17(23)25)21-18(26)19-10-8-16(24)27-2/h4-7,12,15,22H,3,8-11H2,1-2H3,(H2,19,21,26)/t15-/m0/s1. The van der Waals surface area contributed by atoms with E-state index >= 15 is 0 Å². The van der Waals surface area contributed by atoms with Gasteiger partial charge in [0, 0.05) is 18.8 Å². The number of hydrazone groups is 1. The maximum Gasteiger partial charge on any atom is 0.315 e. The molecule has 0 aliphatic carbocycles. The van der Waals surface area contributed by atoms with Crippen LogP contribution in [0.2, 0.25) is 0 Å². The summed E-state index contributed by atoms with van der Waals surface area (Å²) in [6, 6.07) is 6.21. The summed E-state index contributed by atoms with van der Waals surface area (Å²) in [5.74, 6) is -0.590. The first-order chi connectivity index (χ1) is 13.5. The first-order valence-corrected chi connectivity index (χ1v) is 8.97. The van der Waals surface area contributed by atoms with Crippen LogP contribution in [0.1, 0.15) is 25.3 Å². The number of anilines is 1. The van der Waals surface area contributed by atoms with Crippen molar-refractivity contribution in [2.45, 2.75) is 25.8 Å². The molecule has 1 fully saturated rings. The highest BCUT2D eigenvalue weighted by Crippen LogP contribution is 2.21. The van der Waals surface area contributed by atoms with Gasteiger partial charge in [0.15, 0.2) is 0 Å². The van der Waals surface area contributed by atoms with Crippen molar-refractivity contribution in [3.63, 3.8) is 0 Å². The number of esters is 1. The Bertz CT molecular complexity index is 707. The highest BCUT2D eigenvalue weighted by molar-refractivity contribution is 6.01. The molecular weight excluding hydrogens is 366 g/mol. The van der Waals surface area contributed by atoms with E-state index in [2.05, 4.69) is 26.1 Å². The molecule has 152 valence electrons. The van der Waals surface area contributed by atoms with Crippen LogP contribution < -0.4 is 21.1 Å². The number of hydrogen-bond donors (Lipinski definition) is 3. The van der Waals surface area contributed by atoms with Crippen molar-refractivity contribution in [2.24, 2.45) is 5.10 Å². The zero-order valence-corrected chi connectivity index (χ0v) is 15.9. The quantitative estimate of drug-likeness (QED) is 0.244. The second-order valence-electron chi connectivity index (χ2n) is 5.93. The summed E-state index contributed by atoms with van der Waals surface area (Å²) < 4.78 is 4.50. The predicted molar refractivity (Wildman–Crippen MR) is 103 cm³/mol. The van der Waals surface area contributed by atoms with E-state index in [1.54, 1.807) is 11.1 Å². The van der Waals surface area contributed by atoms with Crippen molar-refractivity contribution >= 4 is 29.8 Å². The molecule has 1 aromatic rings. The van der Waals surface area contributed by atoms with Crippen molar-refractivity contribution < 1.29 is 24.0 Å². The summed E-state index contributed by atoms with van der Waals surface area (Å²) in [5.41, 5.74) is 4.04. The van der Waals surface area contributed by atoms with Gasteiger partial charge < -0.3 is 20.3 Å². The van der Waals surface area contributed by atoms with Crippen LogP contribution in [0.25, 0.3) is 0 Å². The summed E-state index contributed by atoms with van der Waals surface area (Å²) in [7, 11) is 1.28. The molecule has 1 heterocycles. The monoisotopic (exact) mass is 391 g/mol. The average Bonchev–Trinajstić information content (AvgIpc) is 3.06. The second-order valence-corrected chi connectivity index (χ2v) is 5.93. The van der Waals surface area contributed by atoms with Crippen molar-refractivity contribution in [3.05, 3.63) is 29.8 Å². The van der Waals surface area contributed by atoms with Crippen LogP contribution in [0.5, 0.6) is 0 Å². The zero-order valence-electron chi connectivity index (χ0n) is 15.9. The lowest BCUT2D eigenvalue weighted by Gasteiger charge is -2.17. The molecule has 0 spiro atoms. The van der Waals surface area contributed by atoms with Crippen molar-refractivity contribution in [2.75, 3.05) is 31.7 Å². The van der Waals surface area contributed by atoms with E-state index in [1.165, 1.54) is 7.11 Å². The van der Waals surface area contributed by atoms with Crippen LogP contribution in [-0.2, 0) is 19.2 Å². The molecule has 10 nitrogen and oxygen atoms in total. The van der Waals surface area contributed by atoms with Crippen LogP contribution in [0.4, 0.5) is 10.5 Å². The van der Waals surface area contributed by atoms with E-state index < -0.39 is 18.0 Å². The molecular formula is C18H25N5O5. The summed E-state index contributed by atoms with van der Waals surface area (Å²) in [6.45, 7) is 3.00. The Kier molecular flexibility index (Phi) is 8.22. The number of urea groups is 1. The third-order valence-corrected chi connectivity index (χ3v) is 4.03. The number of carbonyl (C=O) groups is 3. The van der Waals surface area contributed by atoms with Gasteiger partial charge in [-0.3, -0.25) is 14.4 Å². The van der Waals surface area contributed by atoms with E-state index in [-0.39, 0.29) is 18.9 Å². The maximum atomic E-state index is 12.6. The third kappa shape index (κ3) is 6.23. The number of hydrogen-bond acceptors (Lipinski definition) is 7. The number of amides is 3. The number of nitrogens with zero attached hydrogens (tertiary/aromatic N) is 2. The lowest BCUT2D eigenvalue weighted by molar-refractivity contribution is -0.140. The molecule has 10 heteroatoms. The Morgan fingerprint density at radius 1 is 1.32 bits per heavy atom. The summed E-state index contributed by atoms with van der Waals surface area (Å²) in [6.07, 6.45) is 2.18. The van der Waals surface area contributed by atoms with Crippen LogP contribution in [0, 0.1) is 0 Å². The van der Waals surface area contributed by atoms with E-state index in [0.29, 0.717) is 19.6 Å². The highest BCUT2D eigenvalue weighted by atomic mass is 16.7. The van der Waals surface area contributed by atoms with E-state index in [1.807, 2.05) is 31.2 Å². The topological polar surface area (TPSA) is 121 Å². The van der Waals surface area contributed by atoms with Gasteiger partial charge in [0.2, 0.25) is 5.91 Å². The minimum atomic E-state index is -0.602. The molecule has 0 aromatic heterocycles. The average molecular weight is 391 g/mol. The van der Waals surface area contributed by atoms with Gasteiger partial charge in [-0.15, -0.1) is 0 Å². The fourth-order valence-electron chi connectivity index (χ4n) is 2.60. The SMILES string of the molecule is CCONN=Cc1ccc(N2CC[C@H](NC(=O)NCCC(=O)OC)C2=O)cc1. The molecule has 3 N–H and O–H groups in total. The van der Waals surface area contributed by atoms with Crippen LogP contribution in [-0.4, -0.2) is 57.0 Å². The summed E-state index contributed by atoms with van der Waals surface area (Å²) in [4.78, 5) is 42.0. The largest absolute Gasteiger partial charge is 0.469 e. The van der Waals surface area contributed by atoms with Gasteiger partial charge in [-0.2, -0.15) is 10.7 Å². The number of benzene rings is 1. The molecule has 0 saturated carbocycles. The van der Waals surface area contributed by atoms with Gasteiger partial charge >= 0.3 is 12.0 Å². The minimum absolute atomic E-state index is 0.0738. The van der Waals surface area contributed by atoms with Gasteiger partial charge in [-0.1, -0.05) is 12.1 Å². The molecule has 0 bridgehead atoms. The number of methoxy groups -OCH3 is 1. The minimum Gasteiger partial charge on any atom is -0.469 e. The van der Waals surface area contributed by atoms with Gasteiger partial charge in [-0.05, 0) is 31.0 Å².